The number of rotatable bonds is 1. The second-order valence-corrected chi connectivity index (χ2v) is 4.50. The van der Waals surface area contributed by atoms with E-state index in [0.717, 1.165) is 4.88 Å². The highest BCUT2D eigenvalue weighted by Crippen LogP contribution is 2.30. The predicted octanol–water partition coefficient (Wildman–Crippen LogP) is 3.04. The summed E-state index contributed by atoms with van der Waals surface area (Å²) in [5.74, 6) is -0.368. The number of fused-ring (bicyclic) bond motifs is 1. The van der Waals surface area contributed by atoms with E-state index >= 15 is 0 Å². The van der Waals surface area contributed by atoms with Crippen LogP contribution in [-0.2, 0) is 0 Å². The van der Waals surface area contributed by atoms with Crippen LogP contribution in [-0.4, -0.2) is 16.2 Å². The molecular weight excluding hydrogens is 237 g/mol. The van der Waals surface area contributed by atoms with Crippen LogP contribution in [0.15, 0.2) is 40.7 Å². The van der Waals surface area contributed by atoms with E-state index in [0.29, 0.717) is 22.7 Å². The lowest BCUT2D eigenvalue weighted by molar-refractivity contribution is -0.000153. The third-order valence-electron chi connectivity index (χ3n) is 2.52. The summed E-state index contributed by atoms with van der Waals surface area (Å²) in [4.78, 5) is 8.49. The fourth-order valence-corrected chi connectivity index (χ4v) is 2.50. The van der Waals surface area contributed by atoms with Gasteiger partial charge in [0, 0.05) is 0 Å². The van der Waals surface area contributed by atoms with Crippen LogP contribution in [0.5, 0.6) is 0 Å². The zero-order valence-electron chi connectivity index (χ0n) is 8.59. The zero-order chi connectivity index (χ0) is 11.8. The van der Waals surface area contributed by atoms with Crippen molar-refractivity contribution in [3.63, 3.8) is 0 Å². The van der Waals surface area contributed by atoms with E-state index in [9.17, 15) is 4.39 Å². The van der Waals surface area contributed by atoms with Gasteiger partial charge in [-0.05, 0) is 29.6 Å². The van der Waals surface area contributed by atoms with Gasteiger partial charge in [-0.3, -0.25) is 0 Å². The monoisotopic (exact) mass is 243 g/mol. The van der Waals surface area contributed by atoms with Crippen LogP contribution in [0.1, 0.15) is 10.4 Å². The molecule has 0 bridgehead atoms. The van der Waals surface area contributed by atoms with Gasteiger partial charge in [-0.15, -0.1) is 11.3 Å². The van der Waals surface area contributed by atoms with Crippen molar-refractivity contribution in [2.45, 2.75) is 0 Å². The van der Waals surface area contributed by atoms with Gasteiger partial charge in [0.2, 0.25) is 0 Å². The topological polar surface area (TPSA) is 48.8 Å². The van der Waals surface area contributed by atoms with Crippen molar-refractivity contribution in [2.24, 2.45) is 4.99 Å². The molecule has 0 radical (unpaired) electrons. The summed E-state index contributed by atoms with van der Waals surface area (Å²) in [5, 5.41) is 1.91. The summed E-state index contributed by atoms with van der Waals surface area (Å²) in [6.45, 7) is 0. The van der Waals surface area contributed by atoms with Gasteiger partial charge < -0.3 is 5.53 Å². The van der Waals surface area contributed by atoms with Crippen LogP contribution in [0.3, 0.4) is 0 Å². The maximum atomic E-state index is 13.2. The summed E-state index contributed by atoms with van der Waals surface area (Å²) in [7, 11) is 0. The molecule has 1 aromatic carbocycles. The van der Waals surface area contributed by atoms with Gasteiger partial charge in [-0.25, -0.2) is 9.38 Å². The smallest absolute Gasteiger partial charge is 0.351 e. The molecule has 0 fully saturated rings. The third-order valence-corrected chi connectivity index (χ3v) is 3.40. The van der Waals surface area contributed by atoms with Crippen LogP contribution in [0.4, 0.5) is 10.1 Å². The van der Waals surface area contributed by atoms with Gasteiger partial charge >= 0.3 is 5.71 Å². The van der Waals surface area contributed by atoms with Crippen LogP contribution >= 0.6 is 11.3 Å². The maximum absolute atomic E-state index is 13.2. The second-order valence-electron chi connectivity index (χ2n) is 3.55. The Bertz CT molecular complexity index is 667. The van der Waals surface area contributed by atoms with Crippen LogP contribution < -0.4 is 0 Å². The summed E-state index contributed by atoms with van der Waals surface area (Å²) in [6, 6.07) is 8.03. The quantitative estimate of drug-likeness (QED) is 0.546. The molecule has 0 amide bonds. The van der Waals surface area contributed by atoms with Gasteiger partial charge in [0.1, 0.15) is 5.82 Å². The summed E-state index contributed by atoms with van der Waals surface area (Å²) < 4.78 is 13.2. The molecule has 0 saturated heterocycles. The van der Waals surface area contributed by atoms with E-state index in [2.05, 4.69) is 9.78 Å². The molecule has 17 heavy (non-hydrogen) atoms. The van der Waals surface area contributed by atoms with Gasteiger partial charge in [0.05, 0.1) is 16.1 Å². The Morgan fingerprint density at radius 1 is 1.29 bits per heavy atom. The Balaban J connectivity index is 2.21. The average Bonchev–Trinajstić information content (AvgIpc) is 2.94. The molecule has 1 aliphatic rings. The molecule has 2 aromatic rings. The van der Waals surface area contributed by atoms with Crippen LogP contribution in [0, 0.1) is 5.82 Å². The number of thiophene rings is 1. The summed E-state index contributed by atoms with van der Waals surface area (Å²) in [5.41, 5.74) is 11.1. The minimum absolute atomic E-state index is 0.321. The summed E-state index contributed by atoms with van der Waals surface area (Å²) >= 11 is 1.50. The van der Waals surface area contributed by atoms with E-state index in [1.54, 1.807) is 6.07 Å². The third kappa shape index (κ3) is 1.53. The van der Waals surface area contributed by atoms with Crippen molar-refractivity contribution in [3.05, 3.63) is 57.5 Å². The Kier molecular flexibility index (Phi) is 2.21. The fraction of sp³-hybridized carbons (Fsp3) is 0. The van der Waals surface area contributed by atoms with Crippen molar-refractivity contribution in [1.82, 2.24) is 0 Å². The van der Waals surface area contributed by atoms with Crippen molar-refractivity contribution < 1.29 is 9.18 Å². The molecule has 3 rings (SSSR count). The molecule has 0 aliphatic carbocycles. The largest absolute Gasteiger partial charge is 0.361 e. The number of aliphatic imine (C=N–C) groups is 1. The molecule has 0 N–H and O–H groups in total. The van der Waals surface area contributed by atoms with Crippen LogP contribution in [0.2, 0.25) is 0 Å². The first-order chi connectivity index (χ1) is 8.29. The van der Waals surface area contributed by atoms with Crippen LogP contribution in [0.25, 0.3) is 5.53 Å². The standard InChI is InChI=1S/C12H6FN3S/c13-7-3-4-9-8(6-7)11(16-14)12(15-9)10-2-1-5-17-10/h1-6H. The molecule has 0 saturated carbocycles. The van der Waals surface area contributed by atoms with Crippen molar-refractivity contribution in [3.8, 4) is 0 Å². The van der Waals surface area contributed by atoms with Crippen molar-refractivity contribution >= 4 is 28.4 Å². The minimum atomic E-state index is -0.368. The first kappa shape index (κ1) is 10.1. The molecule has 0 unspecified atom stereocenters. The lowest BCUT2D eigenvalue weighted by Gasteiger charge is -1.92. The number of hydrogen-bond acceptors (Lipinski definition) is 2. The van der Waals surface area contributed by atoms with Crippen molar-refractivity contribution in [2.75, 3.05) is 0 Å². The molecule has 5 heteroatoms. The molecule has 1 aromatic heterocycles. The predicted molar refractivity (Wildman–Crippen MR) is 64.6 cm³/mol. The Hall–Kier alpha value is -2.10. The molecule has 0 atom stereocenters. The number of hydrogen-bond donors (Lipinski definition) is 0. The highest BCUT2D eigenvalue weighted by atomic mass is 32.1. The van der Waals surface area contributed by atoms with E-state index in [-0.39, 0.29) is 5.82 Å². The zero-order valence-corrected chi connectivity index (χ0v) is 9.41. The molecule has 1 aliphatic heterocycles. The molecule has 3 nitrogen and oxygen atoms in total. The SMILES string of the molecule is [N-]=[N+]=C1C(c2cccs2)=Nc2ccc(F)cc21. The number of halogens is 1. The highest BCUT2D eigenvalue weighted by Gasteiger charge is 2.31. The molecule has 82 valence electrons. The normalized spacial score (nSPS) is 13.2. The molecule has 0 spiro atoms. The lowest BCUT2D eigenvalue weighted by atomic mass is 10.1. The molecule has 2 heterocycles. The second kappa shape index (κ2) is 3.73. The maximum Gasteiger partial charge on any atom is 0.351 e. The first-order valence-electron chi connectivity index (χ1n) is 4.94. The minimum Gasteiger partial charge on any atom is -0.361 e. The summed E-state index contributed by atoms with van der Waals surface area (Å²) in [6.07, 6.45) is 0. The Labute approximate surface area is 100 Å². The Morgan fingerprint density at radius 3 is 2.88 bits per heavy atom. The van der Waals surface area contributed by atoms with Gasteiger partial charge in [-0.1, -0.05) is 6.07 Å². The van der Waals surface area contributed by atoms with E-state index < -0.39 is 0 Å². The molecular formula is C12H6FN3S. The van der Waals surface area contributed by atoms with Gasteiger partial charge in [0.15, 0.2) is 5.71 Å². The lowest BCUT2D eigenvalue weighted by Crippen LogP contribution is -2.12. The van der Waals surface area contributed by atoms with Crippen molar-refractivity contribution in [1.29, 1.82) is 0 Å². The van der Waals surface area contributed by atoms with Gasteiger partial charge in [0.25, 0.3) is 0 Å². The Morgan fingerprint density at radius 2 is 2.18 bits per heavy atom. The van der Waals surface area contributed by atoms with E-state index in [4.69, 9.17) is 5.53 Å². The average molecular weight is 243 g/mol. The highest BCUT2D eigenvalue weighted by molar-refractivity contribution is 7.13. The number of nitrogens with zero attached hydrogens (tertiary/aromatic N) is 3. The van der Waals surface area contributed by atoms with E-state index in [1.807, 2.05) is 17.5 Å². The first-order valence-corrected chi connectivity index (χ1v) is 5.82. The number of benzene rings is 1. The van der Waals surface area contributed by atoms with E-state index in [1.165, 1.54) is 23.5 Å². The fourth-order valence-electron chi connectivity index (χ4n) is 1.78. The van der Waals surface area contributed by atoms with Gasteiger partial charge in [-0.2, -0.15) is 4.79 Å².